The molecule has 3 atom stereocenters. The summed E-state index contributed by atoms with van der Waals surface area (Å²) in [7, 11) is -2.80. The third-order valence-corrected chi connectivity index (χ3v) is 6.22. The lowest BCUT2D eigenvalue weighted by Gasteiger charge is -2.34. The molecule has 19 heavy (non-hydrogen) atoms. The molecule has 0 aliphatic carbocycles. The molecule has 0 amide bonds. The summed E-state index contributed by atoms with van der Waals surface area (Å²) in [5, 5.41) is 0. The number of hydrogen-bond donors (Lipinski definition) is 0. The highest BCUT2D eigenvalue weighted by Crippen LogP contribution is 2.30. The van der Waals surface area contributed by atoms with Gasteiger partial charge in [-0.1, -0.05) is 13.3 Å². The van der Waals surface area contributed by atoms with E-state index in [9.17, 15) is 0 Å². The Hall–Kier alpha value is 0.0169. The number of ether oxygens (including phenoxy) is 2. The van der Waals surface area contributed by atoms with Gasteiger partial charge in [0.15, 0.2) is 6.29 Å². The van der Waals surface area contributed by atoms with E-state index in [1.807, 2.05) is 27.7 Å². The second kappa shape index (κ2) is 8.34. The van der Waals surface area contributed by atoms with Gasteiger partial charge in [-0.05, 0) is 34.1 Å². The molecule has 1 heterocycles. The van der Waals surface area contributed by atoms with E-state index in [4.69, 9.17) is 22.8 Å². The van der Waals surface area contributed by atoms with Crippen LogP contribution >= 0.6 is 0 Å². The molecule has 0 saturated carbocycles. The lowest BCUT2D eigenvalue weighted by molar-refractivity contribution is -0.0441. The molecule has 0 aromatic rings. The molecule has 5 nitrogen and oxygen atoms in total. The molecule has 1 saturated heterocycles. The average Bonchev–Trinajstić information content (AvgIpc) is 3.05. The van der Waals surface area contributed by atoms with Crippen LogP contribution in [0, 0.1) is 0 Å². The maximum absolute atomic E-state index is 6.00. The van der Waals surface area contributed by atoms with E-state index in [0.717, 1.165) is 12.8 Å². The van der Waals surface area contributed by atoms with E-state index in [2.05, 4.69) is 6.92 Å². The first-order valence-electron chi connectivity index (χ1n) is 7.36. The van der Waals surface area contributed by atoms with Crippen LogP contribution in [0.15, 0.2) is 0 Å². The topological polar surface area (TPSA) is 49.5 Å². The Labute approximate surface area is 117 Å². The first-order valence-corrected chi connectivity index (χ1v) is 9.16. The summed E-state index contributed by atoms with van der Waals surface area (Å²) in [6.07, 6.45) is 1.88. The molecule has 0 aromatic heterocycles. The zero-order valence-electron chi connectivity index (χ0n) is 12.8. The SMILES string of the molecule is CCCC(OC1OC1C)[Si](OCC)(OCC)OCC. The highest BCUT2D eigenvalue weighted by atomic mass is 28.4. The molecule has 0 aromatic carbocycles. The van der Waals surface area contributed by atoms with Crippen molar-refractivity contribution in [3.63, 3.8) is 0 Å². The van der Waals surface area contributed by atoms with Gasteiger partial charge in [0.05, 0.1) is 0 Å². The minimum Gasteiger partial charge on any atom is -0.372 e. The van der Waals surface area contributed by atoms with Crippen molar-refractivity contribution >= 4 is 8.80 Å². The van der Waals surface area contributed by atoms with Crippen LogP contribution in [-0.4, -0.2) is 46.7 Å². The molecule has 6 heteroatoms. The van der Waals surface area contributed by atoms with Crippen molar-refractivity contribution < 1.29 is 22.8 Å². The minimum atomic E-state index is -2.80. The van der Waals surface area contributed by atoms with E-state index in [0.29, 0.717) is 19.8 Å². The predicted octanol–water partition coefficient (Wildman–Crippen LogP) is 2.50. The predicted molar refractivity (Wildman–Crippen MR) is 74.7 cm³/mol. The molecule has 1 rings (SSSR count). The second-order valence-electron chi connectivity index (χ2n) is 4.53. The first-order chi connectivity index (χ1) is 9.13. The fourth-order valence-corrected chi connectivity index (χ4v) is 5.03. The van der Waals surface area contributed by atoms with Crippen molar-refractivity contribution in [1.29, 1.82) is 0 Å². The maximum Gasteiger partial charge on any atom is 0.531 e. The summed E-state index contributed by atoms with van der Waals surface area (Å²) in [5.74, 6) is 0. The summed E-state index contributed by atoms with van der Waals surface area (Å²) < 4.78 is 29.1. The molecule has 1 aliphatic rings. The molecule has 1 fully saturated rings. The Balaban J connectivity index is 2.79. The lowest BCUT2D eigenvalue weighted by atomic mass is 10.3. The van der Waals surface area contributed by atoms with Crippen LogP contribution in [0.5, 0.6) is 0 Å². The van der Waals surface area contributed by atoms with Crippen molar-refractivity contribution in [3.8, 4) is 0 Å². The van der Waals surface area contributed by atoms with Gasteiger partial charge in [0.2, 0.25) is 0 Å². The third-order valence-electron chi connectivity index (χ3n) is 2.94. The largest absolute Gasteiger partial charge is 0.531 e. The number of epoxide rings is 1. The quantitative estimate of drug-likeness (QED) is 0.432. The van der Waals surface area contributed by atoms with E-state index in [1.54, 1.807) is 0 Å². The van der Waals surface area contributed by atoms with E-state index in [1.165, 1.54) is 0 Å². The summed E-state index contributed by atoms with van der Waals surface area (Å²) >= 11 is 0. The van der Waals surface area contributed by atoms with Gasteiger partial charge in [-0.2, -0.15) is 0 Å². The number of rotatable bonds is 11. The van der Waals surface area contributed by atoms with E-state index < -0.39 is 8.80 Å². The van der Waals surface area contributed by atoms with Crippen LogP contribution in [0.1, 0.15) is 47.5 Å². The highest BCUT2D eigenvalue weighted by molar-refractivity contribution is 6.62. The fourth-order valence-electron chi connectivity index (χ4n) is 2.07. The van der Waals surface area contributed by atoms with Gasteiger partial charge in [0.1, 0.15) is 11.8 Å². The smallest absolute Gasteiger partial charge is 0.372 e. The monoisotopic (exact) mass is 292 g/mol. The normalized spacial score (nSPS) is 24.5. The number of hydrogen-bond acceptors (Lipinski definition) is 5. The standard InChI is InChI=1S/C13H28O5Si/c1-6-10-12(18-13-11(5)17-13)19(14-7-2,15-8-3)16-9-4/h11-13H,6-10H2,1-5H3. The van der Waals surface area contributed by atoms with Crippen molar-refractivity contribution in [2.24, 2.45) is 0 Å². The van der Waals surface area contributed by atoms with Crippen LogP contribution in [0.2, 0.25) is 0 Å². The molecular formula is C13H28O5Si. The zero-order valence-corrected chi connectivity index (χ0v) is 13.8. The summed E-state index contributed by atoms with van der Waals surface area (Å²) in [5.41, 5.74) is -0.146. The van der Waals surface area contributed by atoms with Gasteiger partial charge in [-0.25, -0.2) is 0 Å². The minimum absolute atomic E-state index is 0.134. The van der Waals surface area contributed by atoms with Crippen molar-refractivity contribution in [2.45, 2.75) is 65.6 Å². The molecular weight excluding hydrogens is 264 g/mol. The van der Waals surface area contributed by atoms with Gasteiger partial charge >= 0.3 is 8.80 Å². The first kappa shape index (κ1) is 17.1. The Kier molecular flexibility index (Phi) is 7.49. The van der Waals surface area contributed by atoms with Gasteiger partial charge in [-0.3, -0.25) is 0 Å². The van der Waals surface area contributed by atoms with Crippen molar-refractivity contribution in [2.75, 3.05) is 19.8 Å². The van der Waals surface area contributed by atoms with Crippen molar-refractivity contribution in [3.05, 3.63) is 0 Å². The summed E-state index contributed by atoms with van der Waals surface area (Å²) in [4.78, 5) is 0. The van der Waals surface area contributed by atoms with Crippen LogP contribution in [-0.2, 0) is 22.8 Å². The van der Waals surface area contributed by atoms with Gasteiger partial charge in [0.25, 0.3) is 0 Å². The third kappa shape index (κ3) is 4.80. The van der Waals surface area contributed by atoms with Gasteiger partial charge < -0.3 is 22.8 Å². The molecule has 0 spiro atoms. The molecule has 1 aliphatic heterocycles. The Morgan fingerprint density at radius 3 is 1.79 bits per heavy atom. The lowest BCUT2D eigenvalue weighted by Crippen LogP contribution is -2.58. The summed E-state index contributed by atoms with van der Waals surface area (Å²) in [6.45, 7) is 11.7. The van der Waals surface area contributed by atoms with Crippen LogP contribution in [0.25, 0.3) is 0 Å². The maximum atomic E-state index is 6.00. The fraction of sp³-hybridized carbons (Fsp3) is 1.00. The average molecular weight is 292 g/mol. The molecule has 0 bridgehead atoms. The van der Waals surface area contributed by atoms with Crippen LogP contribution < -0.4 is 0 Å². The highest BCUT2D eigenvalue weighted by Gasteiger charge is 2.53. The second-order valence-corrected chi connectivity index (χ2v) is 7.24. The molecule has 3 unspecified atom stereocenters. The molecule has 114 valence electrons. The molecule has 0 radical (unpaired) electrons. The van der Waals surface area contributed by atoms with E-state index in [-0.39, 0.29) is 18.1 Å². The summed E-state index contributed by atoms with van der Waals surface area (Å²) in [6, 6.07) is 0. The Morgan fingerprint density at radius 1 is 1.00 bits per heavy atom. The van der Waals surface area contributed by atoms with E-state index >= 15 is 0 Å². The zero-order chi connectivity index (χ0) is 14.3. The Morgan fingerprint density at radius 2 is 1.47 bits per heavy atom. The van der Waals surface area contributed by atoms with Crippen molar-refractivity contribution in [1.82, 2.24) is 0 Å². The van der Waals surface area contributed by atoms with Crippen LogP contribution in [0.4, 0.5) is 0 Å². The molecule has 0 N–H and O–H groups in total. The Bertz CT molecular complexity index is 234. The van der Waals surface area contributed by atoms with Gasteiger partial charge in [0, 0.05) is 19.8 Å². The van der Waals surface area contributed by atoms with Crippen LogP contribution in [0.3, 0.4) is 0 Å². The van der Waals surface area contributed by atoms with Gasteiger partial charge in [-0.15, -0.1) is 0 Å².